The minimum absolute atomic E-state index is 0.00372. The fraction of sp³-hybridized carbons (Fsp3) is 0.471. The first-order chi connectivity index (χ1) is 13.4. The van der Waals surface area contributed by atoms with Crippen LogP contribution in [0.1, 0.15) is 20.8 Å². The third-order valence-corrected chi connectivity index (χ3v) is 7.66. The van der Waals surface area contributed by atoms with Gasteiger partial charge in [0.2, 0.25) is 5.28 Å². The second-order valence-corrected chi connectivity index (χ2v) is 11.5. The van der Waals surface area contributed by atoms with Gasteiger partial charge in [0.25, 0.3) is 0 Å². The van der Waals surface area contributed by atoms with E-state index >= 15 is 0 Å². The Morgan fingerprint density at radius 1 is 1.31 bits per heavy atom. The van der Waals surface area contributed by atoms with Crippen LogP contribution >= 0.6 is 39.1 Å². The van der Waals surface area contributed by atoms with Gasteiger partial charge in [-0.05, 0) is 54.4 Å². The maximum Gasteiger partial charge on any atom is 0.410 e. The maximum absolute atomic E-state index is 14.5. The van der Waals surface area contributed by atoms with Gasteiger partial charge in [0.05, 0.1) is 36.1 Å². The van der Waals surface area contributed by atoms with Crippen LogP contribution < -0.4 is 0 Å². The van der Waals surface area contributed by atoms with E-state index in [0.29, 0.717) is 0 Å². The number of benzene rings is 1. The minimum atomic E-state index is -2.75. The van der Waals surface area contributed by atoms with Crippen LogP contribution in [0.5, 0.6) is 0 Å². The number of amides is 1. The Morgan fingerprint density at radius 3 is 2.52 bits per heavy atom. The van der Waals surface area contributed by atoms with Crippen molar-refractivity contribution >= 4 is 71.7 Å². The van der Waals surface area contributed by atoms with E-state index < -0.39 is 27.2 Å². The number of fused-ring (bicyclic) bond motifs is 1. The predicted octanol–water partition coefficient (Wildman–Crippen LogP) is 5.19. The molecule has 0 N–H and O–H groups in total. The molecule has 0 radical (unpaired) electrons. The summed E-state index contributed by atoms with van der Waals surface area (Å²) in [5.74, 6) is -0.448. The number of halogens is 4. The van der Waals surface area contributed by atoms with Gasteiger partial charge in [-0.15, -0.1) is 0 Å². The molecule has 2 aromatic rings. The summed E-state index contributed by atoms with van der Waals surface area (Å²) in [6.45, 7) is 5.77. The fourth-order valence-electron chi connectivity index (χ4n) is 2.68. The summed E-state index contributed by atoms with van der Waals surface area (Å²) in [7, 11) is -2.75. The van der Waals surface area contributed by atoms with Crippen LogP contribution in [0.4, 0.5) is 15.0 Å². The molecule has 2 heterocycles. The average molecular weight is 528 g/mol. The van der Waals surface area contributed by atoms with E-state index in [-0.39, 0.29) is 56.1 Å². The third-order valence-electron chi connectivity index (χ3n) is 4.04. The van der Waals surface area contributed by atoms with E-state index in [4.69, 9.17) is 27.9 Å². The molecule has 1 saturated heterocycles. The average Bonchev–Trinajstić information content (AvgIpc) is 2.60. The molecule has 1 aromatic heterocycles. The topological polar surface area (TPSA) is 84.8 Å². The lowest BCUT2D eigenvalue weighted by molar-refractivity contribution is 0.0268. The molecule has 1 aliphatic heterocycles. The molecule has 1 amide bonds. The second kappa shape index (κ2) is 8.13. The molecule has 0 unspecified atom stereocenters. The molecular formula is C17H18BrCl2FN4O3S. The van der Waals surface area contributed by atoms with E-state index in [1.807, 2.05) is 0 Å². The van der Waals surface area contributed by atoms with Crippen LogP contribution in [0.2, 0.25) is 10.3 Å². The minimum Gasteiger partial charge on any atom is -0.444 e. The highest BCUT2D eigenvalue weighted by Crippen LogP contribution is 2.36. The van der Waals surface area contributed by atoms with Gasteiger partial charge in [-0.1, -0.05) is 11.6 Å². The Balaban J connectivity index is 1.94. The largest absolute Gasteiger partial charge is 0.444 e. The summed E-state index contributed by atoms with van der Waals surface area (Å²) in [6, 6.07) is 1.44. The van der Waals surface area contributed by atoms with Crippen LogP contribution in [-0.2, 0) is 14.5 Å². The summed E-state index contributed by atoms with van der Waals surface area (Å²) >= 11 is 15.0. The Kier molecular flexibility index (Phi) is 6.29. The maximum atomic E-state index is 14.5. The molecule has 0 atom stereocenters. The van der Waals surface area contributed by atoms with Crippen molar-refractivity contribution in [2.75, 3.05) is 24.6 Å². The molecular weight excluding hydrogens is 510 g/mol. The van der Waals surface area contributed by atoms with Gasteiger partial charge in [-0.3, -0.25) is 0 Å². The van der Waals surface area contributed by atoms with Crippen LogP contribution in [0, 0.1) is 5.82 Å². The number of carbonyl (C=O) groups excluding carboxylic acids is 1. The summed E-state index contributed by atoms with van der Waals surface area (Å²) in [4.78, 5) is 21.6. The molecule has 3 rings (SSSR count). The van der Waals surface area contributed by atoms with Crippen molar-refractivity contribution in [3.8, 4) is 0 Å². The highest BCUT2D eigenvalue weighted by atomic mass is 79.9. The summed E-state index contributed by atoms with van der Waals surface area (Å²) in [5.41, 5.74) is -0.691. The zero-order chi connectivity index (χ0) is 21.6. The number of carbonyl (C=O) groups is 1. The molecule has 0 aliphatic carbocycles. The van der Waals surface area contributed by atoms with Crippen molar-refractivity contribution in [1.29, 1.82) is 0 Å². The number of rotatable bonds is 1. The normalized spacial score (nSPS) is 16.7. The van der Waals surface area contributed by atoms with Crippen LogP contribution in [0.3, 0.4) is 0 Å². The van der Waals surface area contributed by atoms with E-state index in [0.717, 1.165) is 0 Å². The first-order valence-corrected chi connectivity index (χ1v) is 12.0. The molecule has 1 fully saturated rings. The number of nitrogens with zero attached hydrogens (tertiary/aromatic N) is 4. The Bertz CT molecular complexity index is 1100. The smallest absolute Gasteiger partial charge is 0.410 e. The van der Waals surface area contributed by atoms with Crippen molar-refractivity contribution in [1.82, 2.24) is 14.9 Å². The second-order valence-electron chi connectivity index (χ2n) is 7.44. The molecule has 29 heavy (non-hydrogen) atoms. The van der Waals surface area contributed by atoms with Crippen molar-refractivity contribution in [2.24, 2.45) is 4.36 Å². The van der Waals surface area contributed by atoms with E-state index in [1.165, 1.54) is 11.0 Å². The first-order valence-electron chi connectivity index (χ1n) is 8.60. The number of aromatic nitrogens is 2. The number of hydrogen-bond donors (Lipinski definition) is 0. The monoisotopic (exact) mass is 526 g/mol. The van der Waals surface area contributed by atoms with Gasteiger partial charge < -0.3 is 9.64 Å². The molecule has 0 spiro atoms. The molecule has 1 aliphatic rings. The molecule has 0 saturated carbocycles. The Hall–Kier alpha value is -1.23. The highest BCUT2D eigenvalue weighted by Gasteiger charge is 2.28. The Morgan fingerprint density at radius 2 is 1.93 bits per heavy atom. The van der Waals surface area contributed by atoms with Crippen molar-refractivity contribution < 1.29 is 18.1 Å². The highest BCUT2D eigenvalue weighted by molar-refractivity contribution is 9.10. The van der Waals surface area contributed by atoms with Crippen LogP contribution in [0.25, 0.3) is 10.9 Å². The number of hydrogen-bond acceptors (Lipinski definition) is 6. The molecule has 12 heteroatoms. The molecule has 7 nitrogen and oxygen atoms in total. The zero-order valence-corrected chi connectivity index (χ0v) is 19.8. The first kappa shape index (κ1) is 22.5. The molecule has 158 valence electrons. The molecule has 1 aromatic carbocycles. The predicted molar refractivity (Wildman–Crippen MR) is 115 cm³/mol. The van der Waals surface area contributed by atoms with Gasteiger partial charge in [-0.2, -0.15) is 9.35 Å². The van der Waals surface area contributed by atoms with Crippen LogP contribution in [0.15, 0.2) is 14.9 Å². The van der Waals surface area contributed by atoms with E-state index in [9.17, 15) is 13.4 Å². The van der Waals surface area contributed by atoms with E-state index in [1.54, 1.807) is 20.8 Å². The van der Waals surface area contributed by atoms with Crippen molar-refractivity contribution in [3.05, 3.63) is 26.7 Å². The standard InChI is InChI=1S/C17H18BrCl2FN4O3S/c1-17(2,3)28-16(26)25-4-6-29(27,7-5-25)24-14-9-8-10(19)11(18)12(21)13(9)22-15(20)23-14/h8H,4-7H2,1-3H3. The lowest BCUT2D eigenvalue weighted by atomic mass is 10.2. The van der Waals surface area contributed by atoms with Gasteiger partial charge in [-0.25, -0.2) is 18.4 Å². The van der Waals surface area contributed by atoms with Gasteiger partial charge in [0.15, 0.2) is 11.6 Å². The quantitative estimate of drug-likeness (QED) is 0.376. The van der Waals surface area contributed by atoms with Gasteiger partial charge in [0, 0.05) is 13.1 Å². The van der Waals surface area contributed by atoms with Crippen molar-refractivity contribution in [3.63, 3.8) is 0 Å². The lowest BCUT2D eigenvalue weighted by Gasteiger charge is -2.31. The summed E-state index contributed by atoms with van der Waals surface area (Å²) < 4.78 is 37.4. The summed E-state index contributed by atoms with van der Waals surface area (Å²) in [6.07, 6.45) is -0.465. The zero-order valence-electron chi connectivity index (χ0n) is 15.8. The van der Waals surface area contributed by atoms with E-state index in [2.05, 4.69) is 30.3 Å². The van der Waals surface area contributed by atoms with Crippen molar-refractivity contribution in [2.45, 2.75) is 26.4 Å². The third kappa shape index (κ3) is 5.10. The lowest BCUT2D eigenvalue weighted by Crippen LogP contribution is -2.45. The fourth-order valence-corrected chi connectivity index (χ4v) is 5.19. The van der Waals surface area contributed by atoms with Gasteiger partial charge in [0.1, 0.15) is 11.1 Å². The number of ether oxygens (including phenoxy) is 1. The Labute approximate surface area is 186 Å². The van der Waals surface area contributed by atoms with Crippen LogP contribution in [-0.4, -0.2) is 55.4 Å². The SMILES string of the molecule is CC(C)(C)OC(=O)N1CCS(=O)(=Nc2nc(Cl)nc3c(F)c(Br)c(Cl)cc23)CC1. The van der Waals surface area contributed by atoms with Gasteiger partial charge >= 0.3 is 6.09 Å². The molecule has 0 bridgehead atoms. The summed E-state index contributed by atoms with van der Waals surface area (Å²) in [5, 5.41) is 0.0861.